The summed E-state index contributed by atoms with van der Waals surface area (Å²) in [6.45, 7) is 1.53. The minimum absolute atomic E-state index is 0.0225. The number of aromatic nitrogens is 3. The number of fused-ring (bicyclic) bond motifs is 1. The number of rotatable bonds is 3. The molecular weight excluding hydrogens is 430 g/mol. The molecule has 0 aliphatic rings. The molecule has 4 rings (SSSR count). The van der Waals surface area contributed by atoms with Gasteiger partial charge in [-0.25, -0.2) is 15.0 Å². The molecule has 2 heterocycles. The Morgan fingerprint density at radius 3 is 2.48 bits per heavy atom. The van der Waals surface area contributed by atoms with E-state index < -0.39 is 0 Å². The van der Waals surface area contributed by atoms with E-state index in [0.29, 0.717) is 11.5 Å². The Balaban J connectivity index is 1.89. The lowest BCUT2D eigenvalue weighted by Crippen LogP contribution is -2.22. The molecular formula is C22H18BrN5O. The van der Waals surface area contributed by atoms with Crippen molar-refractivity contribution in [1.82, 2.24) is 15.0 Å². The van der Waals surface area contributed by atoms with E-state index in [1.807, 2.05) is 54.6 Å². The first-order valence-corrected chi connectivity index (χ1v) is 9.75. The van der Waals surface area contributed by atoms with Gasteiger partial charge >= 0.3 is 0 Å². The third kappa shape index (κ3) is 3.69. The van der Waals surface area contributed by atoms with Gasteiger partial charge in [0.05, 0.1) is 11.1 Å². The van der Waals surface area contributed by atoms with Crippen LogP contribution in [-0.4, -0.2) is 27.9 Å². The van der Waals surface area contributed by atoms with Crippen LogP contribution in [0.2, 0.25) is 0 Å². The predicted molar refractivity (Wildman–Crippen MR) is 119 cm³/mol. The van der Waals surface area contributed by atoms with E-state index in [1.165, 1.54) is 13.3 Å². The molecule has 0 saturated heterocycles. The van der Waals surface area contributed by atoms with Crippen LogP contribution in [0.15, 0.2) is 65.4 Å². The third-order valence-corrected chi connectivity index (χ3v) is 5.28. The molecule has 6 nitrogen and oxygen atoms in total. The van der Waals surface area contributed by atoms with Crippen LogP contribution in [-0.2, 0) is 4.79 Å². The van der Waals surface area contributed by atoms with Gasteiger partial charge < -0.3 is 10.6 Å². The summed E-state index contributed by atoms with van der Waals surface area (Å²) >= 11 is 3.53. The molecule has 7 heteroatoms. The number of pyridine rings is 1. The largest absolute Gasteiger partial charge is 0.383 e. The van der Waals surface area contributed by atoms with Crippen molar-refractivity contribution in [3.63, 3.8) is 0 Å². The SMILES string of the molecule is CC(=O)N(C)c1ccc(-c2cc(-c3cccc(Br)c3)c3c(N)ncnc3n2)cc1. The van der Waals surface area contributed by atoms with E-state index in [1.54, 1.807) is 11.9 Å². The van der Waals surface area contributed by atoms with E-state index >= 15 is 0 Å². The smallest absolute Gasteiger partial charge is 0.223 e. The molecule has 0 aliphatic heterocycles. The summed E-state index contributed by atoms with van der Waals surface area (Å²) in [7, 11) is 1.75. The van der Waals surface area contributed by atoms with Gasteiger partial charge in [-0.3, -0.25) is 4.79 Å². The zero-order chi connectivity index (χ0) is 20.5. The molecule has 0 unspecified atom stereocenters. The fourth-order valence-electron chi connectivity index (χ4n) is 3.16. The molecule has 0 spiro atoms. The molecule has 2 aromatic carbocycles. The van der Waals surface area contributed by atoms with Gasteiger partial charge in [0.25, 0.3) is 0 Å². The number of anilines is 2. The van der Waals surface area contributed by atoms with Crippen LogP contribution in [0.5, 0.6) is 0 Å². The third-order valence-electron chi connectivity index (χ3n) is 4.79. The van der Waals surface area contributed by atoms with Crippen molar-refractivity contribution in [2.45, 2.75) is 6.92 Å². The molecule has 0 atom stereocenters. The molecule has 0 fully saturated rings. The fourth-order valence-corrected chi connectivity index (χ4v) is 3.56. The van der Waals surface area contributed by atoms with Crippen molar-refractivity contribution in [1.29, 1.82) is 0 Å². The number of nitrogens with zero attached hydrogens (tertiary/aromatic N) is 4. The van der Waals surface area contributed by atoms with Gasteiger partial charge in [-0.1, -0.05) is 40.2 Å². The van der Waals surface area contributed by atoms with Crippen LogP contribution in [0.3, 0.4) is 0 Å². The highest BCUT2D eigenvalue weighted by Crippen LogP contribution is 2.35. The summed E-state index contributed by atoms with van der Waals surface area (Å²) in [6.07, 6.45) is 1.42. The summed E-state index contributed by atoms with van der Waals surface area (Å²) in [6, 6.07) is 17.7. The summed E-state index contributed by atoms with van der Waals surface area (Å²) in [5, 5.41) is 0.724. The lowest BCUT2D eigenvalue weighted by atomic mass is 10.00. The summed E-state index contributed by atoms with van der Waals surface area (Å²) in [4.78, 5) is 26.4. The number of hydrogen-bond acceptors (Lipinski definition) is 5. The van der Waals surface area contributed by atoms with Gasteiger partial charge in [-0.15, -0.1) is 0 Å². The van der Waals surface area contributed by atoms with Gasteiger partial charge in [0, 0.05) is 29.7 Å². The van der Waals surface area contributed by atoms with E-state index in [9.17, 15) is 4.79 Å². The van der Waals surface area contributed by atoms with E-state index in [2.05, 4.69) is 25.9 Å². The molecule has 2 N–H and O–H groups in total. The van der Waals surface area contributed by atoms with Crippen molar-refractivity contribution in [3.8, 4) is 22.4 Å². The topological polar surface area (TPSA) is 85.0 Å². The average molecular weight is 448 g/mol. The number of amides is 1. The maximum atomic E-state index is 11.6. The Hall–Kier alpha value is -3.32. The number of hydrogen-bond donors (Lipinski definition) is 1. The van der Waals surface area contributed by atoms with E-state index in [-0.39, 0.29) is 5.91 Å². The Morgan fingerprint density at radius 2 is 1.79 bits per heavy atom. The molecule has 29 heavy (non-hydrogen) atoms. The number of benzene rings is 2. The fraction of sp³-hybridized carbons (Fsp3) is 0.0909. The maximum absolute atomic E-state index is 11.6. The standard InChI is InChI=1S/C22H18BrN5O/c1-13(29)28(2)17-8-6-14(7-9-17)19-11-18(15-4-3-5-16(23)10-15)20-21(24)25-12-26-22(20)27-19/h3-12H,1-2H3,(H2,24,25,26,27). The first-order chi connectivity index (χ1) is 13.9. The zero-order valence-corrected chi connectivity index (χ0v) is 17.5. The van der Waals surface area contributed by atoms with E-state index in [4.69, 9.17) is 10.7 Å². The Labute approximate surface area is 176 Å². The molecule has 1 amide bonds. The second-order valence-corrected chi connectivity index (χ2v) is 7.56. The number of nitrogen functional groups attached to an aromatic ring is 1. The summed E-state index contributed by atoms with van der Waals surface area (Å²) in [5.74, 6) is 0.369. The lowest BCUT2D eigenvalue weighted by Gasteiger charge is -2.15. The second kappa shape index (κ2) is 7.60. The molecule has 144 valence electrons. The minimum Gasteiger partial charge on any atom is -0.383 e. The molecule has 0 saturated carbocycles. The Bertz CT molecular complexity index is 1220. The molecule has 2 aromatic heterocycles. The van der Waals surface area contributed by atoms with Crippen molar-refractivity contribution >= 4 is 44.4 Å². The maximum Gasteiger partial charge on any atom is 0.223 e. The number of halogens is 1. The highest BCUT2D eigenvalue weighted by Gasteiger charge is 2.14. The Kier molecular flexibility index (Phi) is 4.98. The zero-order valence-electron chi connectivity index (χ0n) is 15.9. The van der Waals surface area contributed by atoms with Gasteiger partial charge in [0.1, 0.15) is 12.1 Å². The molecule has 0 aliphatic carbocycles. The van der Waals surface area contributed by atoms with Crippen molar-refractivity contribution in [3.05, 3.63) is 65.4 Å². The molecule has 0 bridgehead atoms. The van der Waals surface area contributed by atoms with Gasteiger partial charge in [-0.05, 0) is 41.5 Å². The monoisotopic (exact) mass is 447 g/mol. The van der Waals surface area contributed by atoms with Crippen molar-refractivity contribution in [2.24, 2.45) is 0 Å². The Morgan fingerprint density at radius 1 is 1.03 bits per heavy atom. The first kappa shape index (κ1) is 19.0. The first-order valence-electron chi connectivity index (χ1n) is 8.96. The summed E-state index contributed by atoms with van der Waals surface area (Å²) in [5.41, 5.74) is 11.1. The van der Waals surface area contributed by atoms with Crippen LogP contribution in [0.4, 0.5) is 11.5 Å². The highest BCUT2D eigenvalue weighted by molar-refractivity contribution is 9.10. The van der Waals surface area contributed by atoms with Gasteiger partial charge in [-0.2, -0.15) is 0 Å². The van der Waals surface area contributed by atoms with Gasteiger partial charge in [0.2, 0.25) is 5.91 Å². The van der Waals surface area contributed by atoms with Gasteiger partial charge in [0.15, 0.2) is 5.65 Å². The normalized spacial score (nSPS) is 10.9. The van der Waals surface area contributed by atoms with E-state index in [0.717, 1.165) is 37.9 Å². The number of nitrogens with two attached hydrogens (primary N) is 1. The van der Waals surface area contributed by atoms with Crippen LogP contribution >= 0.6 is 15.9 Å². The molecule has 4 aromatic rings. The van der Waals surface area contributed by atoms with Crippen molar-refractivity contribution in [2.75, 3.05) is 17.7 Å². The number of carbonyl (C=O) groups excluding carboxylic acids is 1. The predicted octanol–water partition coefficient (Wildman–Crippen LogP) is 4.69. The minimum atomic E-state index is -0.0225. The highest BCUT2D eigenvalue weighted by atomic mass is 79.9. The van der Waals surface area contributed by atoms with Crippen LogP contribution in [0.25, 0.3) is 33.4 Å². The summed E-state index contributed by atoms with van der Waals surface area (Å²) < 4.78 is 0.966. The average Bonchev–Trinajstić information content (AvgIpc) is 2.72. The van der Waals surface area contributed by atoms with Crippen LogP contribution in [0.1, 0.15) is 6.92 Å². The van der Waals surface area contributed by atoms with Crippen LogP contribution in [0, 0.1) is 0 Å². The lowest BCUT2D eigenvalue weighted by molar-refractivity contribution is -0.116. The van der Waals surface area contributed by atoms with Crippen LogP contribution < -0.4 is 10.6 Å². The second-order valence-electron chi connectivity index (χ2n) is 6.65. The molecule has 0 radical (unpaired) electrons. The number of carbonyl (C=O) groups is 1. The van der Waals surface area contributed by atoms with Crippen molar-refractivity contribution < 1.29 is 4.79 Å². The quantitative estimate of drug-likeness (QED) is 0.492.